The van der Waals surface area contributed by atoms with Crippen molar-refractivity contribution in [2.45, 2.75) is 81.2 Å². The fourth-order valence-corrected chi connectivity index (χ4v) is 7.32. The largest absolute Gasteiger partial charge is 0.460 e. The van der Waals surface area contributed by atoms with E-state index in [0.29, 0.717) is 11.6 Å². The molecule has 11 heteroatoms. The number of carbonyl (C=O) groups excluding carboxylic acids is 3. The van der Waals surface area contributed by atoms with Crippen molar-refractivity contribution < 1.29 is 27.5 Å². The van der Waals surface area contributed by atoms with Crippen LogP contribution in [0.1, 0.15) is 58.9 Å². The maximum absolute atomic E-state index is 13.7. The Morgan fingerprint density at radius 1 is 1.00 bits per heavy atom. The van der Waals surface area contributed by atoms with Crippen LogP contribution in [0.15, 0.2) is 71.6 Å². The van der Waals surface area contributed by atoms with Crippen molar-refractivity contribution in [2.24, 2.45) is 0 Å². The number of sulfonamides is 1. The standard InChI is InChI=1S/C33H41N3O6S2/c1-21(2)22-10-13-25(14-11-22)35-32(39)28(18-31(38)42-33(3,4)5)34-19-30(37)29-17-26(43)20-36(29)44(40,41)27-15-12-23-8-6-7-9-24(23)16-27/h6-16,21,26,28-29,34,43H,17-20H2,1-5H3,(H,35,39)/t26-,28+,29+/m1/s1. The number of Topliss-reactive ketones (excluding diaryl/α,β-unsaturated/α-hetero) is 1. The minimum absolute atomic E-state index is 0.0723. The van der Waals surface area contributed by atoms with E-state index < -0.39 is 45.4 Å². The Morgan fingerprint density at radius 2 is 1.66 bits per heavy atom. The summed E-state index contributed by atoms with van der Waals surface area (Å²) in [7, 11) is -4.02. The predicted octanol–water partition coefficient (Wildman–Crippen LogP) is 4.92. The number of ketones is 1. The van der Waals surface area contributed by atoms with E-state index in [1.165, 1.54) is 10.4 Å². The Hall–Kier alpha value is -3.25. The molecule has 236 valence electrons. The number of amides is 1. The fourth-order valence-electron chi connectivity index (χ4n) is 5.14. The van der Waals surface area contributed by atoms with E-state index >= 15 is 0 Å². The van der Waals surface area contributed by atoms with Crippen LogP contribution in [-0.4, -0.2) is 66.4 Å². The average Bonchev–Trinajstić information content (AvgIpc) is 3.36. The molecule has 9 nitrogen and oxygen atoms in total. The highest BCUT2D eigenvalue weighted by molar-refractivity contribution is 7.89. The van der Waals surface area contributed by atoms with Gasteiger partial charge in [0.1, 0.15) is 5.60 Å². The molecular formula is C33H41N3O6S2. The van der Waals surface area contributed by atoms with E-state index in [2.05, 4.69) is 37.1 Å². The first-order chi connectivity index (χ1) is 20.6. The molecule has 0 aromatic heterocycles. The van der Waals surface area contributed by atoms with Gasteiger partial charge in [-0.15, -0.1) is 0 Å². The zero-order valence-electron chi connectivity index (χ0n) is 25.7. The molecular weight excluding hydrogens is 599 g/mol. The van der Waals surface area contributed by atoms with Gasteiger partial charge in [0.05, 0.1) is 29.9 Å². The lowest BCUT2D eigenvalue weighted by molar-refractivity contribution is -0.156. The third-order valence-corrected chi connectivity index (χ3v) is 9.65. The monoisotopic (exact) mass is 639 g/mol. The minimum Gasteiger partial charge on any atom is -0.460 e. The number of carbonyl (C=O) groups is 3. The number of esters is 1. The van der Waals surface area contributed by atoms with E-state index in [4.69, 9.17) is 4.74 Å². The van der Waals surface area contributed by atoms with Crippen molar-refractivity contribution in [1.82, 2.24) is 9.62 Å². The van der Waals surface area contributed by atoms with E-state index in [1.807, 2.05) is 36.4 Å². The van der Waals surface area contributed by atoms with Gasteiger partial charge in [-0.05, 0) is 73.7 Å². The van der Waals surface area contributed by atoms with Gasteiger partial charge >= 0.3 is 5.97 Å². The van der Waals surface area contributed by atoms with Gasteiger partial charge in [0.2, 0.25) is 15.9 Å². The molecule has 1 heterocycles. The third-order valence-electron chi connectivity index (χ3n) is 7.41. The first kappa shape index (κ1) is 33.6. The summed E-state index contributed by atoms with van der Waals surface area (Å²) in [6.45, 7) is 9.06. The number of fused-ring (bicyclic) bond motifs is 1. The normalized spacial score (nSPS) is 18.3. The molecule has 0 spiro atoms. The highest BCUT2D eigenvalue weighted by atomic mass is 32.2. The summed E-state index contributed by atoms with van der Waals surface area (Å²) in [5.41, 5.74) is 0.895. The summed E-state index contributed by atoms with van der Waals surface area (Å²) in [6, 6.07) is 17.6. The Bertz CT molecular complexity index is 1620. The molecule has 0 unspecified atom stereocenters. The highest BCUT2D eigenvalue weighted by Crippen LogP contribution is 2.30. The zero-order valence-corrected chi connectivity index (χ0v) is 27.5. The number of hydrogen-bond acceptors (Lipinski definition) is 8. The van der Waals surface area contributed by atoms with Gasteiger partial charge in [-0.2, -0.15) is 16.9 Å². The van der Waals surface area contributed by atoms with Crippen LogP contribution in [0.25, 0.3) is 10.8 Å². The molecule has 1 aliphatic rings. The van der Waals surface area contributed by atoms with Crippen molar-refractivity contribution in [1.29, 1.82) is 0 Å². The molecule has 0 bridgehead atoms. The molecule has 0 saturated carbocycles. The maximum atomic E-state index is 13.7. The van der Waals surface area contributed by atoms with Gasteiger partial charge in [-0.1, -0.05) is 56.3 Å². The van der Waals surface area contributed by atoms with Gasteiger partial charge in [-0.25, -0.2) is 8.42 Å². The van der Waals surface area contributed by atoms with Gasteiger partial charge in [0.15, 0.2) is 5.78 Å². The number of ether oxygens (including phenoxy) is 1. The lowest BCUT2D eigenvalue weighted by Crippen LogP contribution is -2.49. The number of hydrogen-bond donors (Lipinski definition) is 3. The Labute approximate surface area is 265 Å². The van der Waals surface area contributed by atoms with E-state index in [-0.39, 0.29) is 36.1 Å². The summed E-state index contributed by atoms with van der Waals surface area (Å²) >= 11 is 4.51. The minimum atomic E-state index is -4.02. The van der Waals surface area contributed by atoms with Crippen molar-refractivity contribution in [3.63, 3.8) is 0 Å². The maximum Gasteiger partial charge on any atom is 0.308 e. The number of benzene rings is 3. The van der Waals surface area contributed by atoms with Crippen LogP contribution in [-0.2, 0) is 29.1 Å². The highest BCUT2D eigenvalue weighted by Gasteiger charge is 2.43. The summed E-state index contributed by atoms with van der Waals surface area (Å²) < 4.78 is 34.1. The van der Waals surface area contributed by atoms with Gasteiger partial charge in [0, 0.05) is 17.5 Å². The average molecular weight is 640 g/mol. The molecule has 1 saturated heterocycles. The lowest BCUT2D eigenvalue weighted by Gasteiger charge is -2.25. The molecule has 1 aliphatic heterocycles. The van der Waals surface area contributed by atoms with Gasteiger partial charge in [-0.3, -0.25) is 19.7 Å². The zero-order chi connectivity index (χ0) is 32.2. The summed E-state index contributed by atoms with van der Waals surface area (Å²) in [4.78, 5) is 39.7. The molecule has 4 rings (SSSR count). The van der Waals surface area contributed by atoms with Crippen LogP contribution in [0.4, 0.5) is 5.69 Å². The van der Waals surface area contributed by atoms with Crippen molar-refractivity contribution in [3.8, 4) is 0 Å². The van der Waals surface area contributed by atoms with Crippen molar-refractivity contribution >= 4 is 56.8 Å². The van der Waals surface area contributed by atoms with E-state index in [0.717, 1.165) is 16.3 Å². The fraction of sp³-hybridized carbons (Fsp3) is 0.424. The first-order valence-electron chi connectivity index (χ1n) is 14.7. The molecule has 1 amide bonds. The SMILES string of the molecule is CC(C)c1ccc(NC(=O)[C@H](CC(=O)OC(C)(C)C)NCC(=O)[C@@H]2C[C@@H](S)CN2S(=O)(=O)c2ccc3ccccc3c2)cc1. The summed E-state index contributed by atoms with van der Waals surface area (Å²) in [5.74, 6) is -1.22. The van der Waals surface area contributed by atoms with Crippen molar-refractivity contribution in [3.05, 3.63) is 72.3 Å². The van der Waals surface area contributed by atoms with Crippen LogP contribution in [0, 0.1) is 0 Å². The molecule has 1 fully saturated rings. The molecule has 3 aromatic rings. The number of rotatable bonds is 11. The topological polar surface area (TPSA) is 122 Å². The van der Waals surface area contributed by atoms with Gasteiger partial charge in [0.25, 0.3) is 0 Å². The van der Waals surface area contributed by atoms with E-state index in [9.17, 15) is 22.8 Å². The molecule has 0 radical (unpaired) electrons. The van der Waals surface area contributed by atoms with Crippen LogP contribution < -0.4 is 10.6 Å². The second-order valence-electron chi connectivity index (χ2n) is 12.4. The number of nitrogens with zero attached hydrogens (tertiary/aromatic N) is 1. The number of anilines is 1. The van der Waals surface area contributed by atoms with Crippen LogP contribution in [0.3, 0.4) is 0 Å². The molecule has 3 atom stereocenters. The Kier molecular flexibility index (Phi) is 10.6. The molecule has 44 heavy (non-hydrogen) atoms. The Morgan fingerprint density at radius 3 is 2.30 bits per heavy atom. The second kappa shape index (κ2) is 13.8. The number of nitrogens with one attached hydrogen (secondary N) is 2. The first-order valence-corrected chi connectivity index (χ1v) is 16.7. The quantitative estimate of drug-likeness (QED) is 0.201. The predicted molar refractivity (Wildman–Crippen MR) is 175 cm³/mol. The summed E-state index contributed by atoms with van der Waals surface area (Å²) in [6.07, 6.45) is -0.0962. The lowest BCUT2D eigenvalue weighted by atomic mass is 10.0. The molecule has 2 N–H and O–H groups in total. The van der Waals surface area contributed by atoms with Crippen LogP contribution in [0.5, 0.6) is 0 Å². The summed E-state index contributed by atoms with van der Waals surface area (Å²) in [5, 5.41) is 7.05. The second-order valence-corrected chi connectivity index (χ2v) is 15.1. The Balaban J connectivity index is 1.50. The molecule has 0 aliphatic carbocycles. The third kappa shape index (κ3) is 8.47. The van der Waals surface area contributed by atoms with Crippen LogP contribution in [0.2, 0.25) is 0 Å². The van der Waals surface area contributed by atoms with Gasteiger partial charge < -0.3 is 10.1 Å². The van der Waals surface area contributed by atoms with Crippen molar-refractivity contribution in [2.75, 3.05) is 18.4 Å². The molecule has 3 aromatic carbocycles. The van der Waals surface area contributed by atoms with Crippen LogP contribution >= 0.6 is 12.6 Å². The smallest absolute Gasteiger partial charge is 0.308 e. The number of thiol groups is 1. The van der Waals surface area contributed by atoms with E-state index in [1.54, 1.807) is 45.0 Å².